The first kappa shape index (κ1) is 23.4. The van der Waals surface area contributed by atoms with Gasteiger partial charge in [-0.25, -0.2) is 0 Å². The molecule has 3 aromatic carbocycles. The normalized spacial score (nSPS) is 11.0. The number of rotatable bonds is 8. The lowest BCUT2D eigenvalue weighted by molar-refractivity contribution is 0.861. The standard InChI is InChI=1S/C29H30N2S/c1-5-27(32-21-22(2)3)20-31(19-24-12-7-6-8-13-24)26-16-15-25(18-30)29(17-26)28-14-10-9-11-23(28)4/h5-17,21H,19-20H2,1-4H3/b27-5-. The molecule has 0 spiro atoms. The number of hydrogen-bond acceptors (Lipinski definition) is 3. The monoisotopic (exact) mass is 438 g/mol. The van der Waals surface area contributed by atoms with Crippen LogP contribution >= 0.6 is 11.8 Å². The minimum absolute atomic E-state index is 0.702. The Balaban J connectivity index is 2.04. The number of aryl methyl sites for hydroxylation is 1. The van der Waals surface area contributed by atoms with E-state index in [9.17, 15) is 5.26 Å². The van der Waals surface area contributed by atoms with Crippen molar-refractivity contribution < 1.29 is 0 Å². The maximum atomic E-state index is 9.76. The van der Waals surface area contributed by atoms with E-state index in [1.807, 2.05) is 24.3 Å². The zero-order valence-corrected chi connectivity index (χ0v) is 20.1. The highest BCUT2D eigenvalue weighted by molar-refractivity contribution is 8.05. The van der Waals surface area contributed by atoms with E-state index in [0.717, 1.165) is 29.9 Å². The van der Waals surface area contributed by atoms with Crippen LogP contribution in [-0.2, 0) is 6.54 Å². The Hall–Kier alpha value is -3.22. The number of anilines is 1. The van der Waals surface area contributed by atoms with E-state index in [1.54, 1.807) is 11.8 Å². The van der Waals surface area contributed by atoms with Gasteiger partial charge in [0.05, 0.1) is 11.6 Å². The summed E-state index contributed by atoms with van der Waals surface area (Å²) in [6.07, 6.45) is 2.19. The van der Waals surface area contributed by atoms with Crippen LogP contribution in [0.4, 0.5) is 5.69 Å². The first-order valence-corrected chi connectivity index (χ1v) is 11.7. The molecule has 0 amide bonds. The minimum Gasteiger partial charge on any atom is -0.362 e. The van der Waals surface area contributed by atoms with E-state index >= 15 is 0 Å². The number of thioether (sulfide) groups is 1. The quantitative estimate of drug-likeness (QED) is 0.355. The molecule has 3 aromatic rings. The van der Waals surface area contributed by atoms with Gasteiger partial charge in [-0.1, -0.05) is 66.2 Å². The number of allylic oxidation sites excluding steroid dienone is 2. The molecule has 0 N–H and O–H groups in total. The molecular weight excluding hydrogens is 408 g/mol. The molecule has 0 fully saturated rings. The van der Waals surface area contributed by atoms with Gasteiger partial charge in [-0.3, -0.25) is 0 Å². The van der Waals surface area contributed by atoms with E-state index in [4.69, 9.17) is 0 Å². The smallest absolute Gasteiger partial charge is 0.0998 e. The Kier molecular flexibility index (Phi) is 8.36. The molecule has 2 nitrogen and oxygen atoms in total. The summed E-state index contributed by atoms with van der Waals surface area (Å²) in [4.78, 5) is 3.68. The van der Waals surface area contributed by atoms with E-state index in [0.29, 0.717) is 5.56 Å². The third-order valence-electron chi connectivity index (χ3n) is 5.25. The maximum absolute atomic E-state index is 9.76. The van der Waals surface area contributed by atoms with Gasteiger partial charge in [-0.15, -0.1) is 11.8 Å². The van der Waals surface area contributed by atoms with Crippen molar-refractivity contribution >= 4 is 17.4 Å². The van der Waals surface area contributed by atoms with Gasteiger partial charge in [0.25, 0.3) is 0 Å². The fraction of sp³-hybridized carbons (Fsp3) is 0.207. The molecule has 0 aliphatic rings. The molecule has 3 rings (SSSR count). The Bertz CT molecular complexity index is 1150. The lowest BCUT2D eigenvalue weighted by atomic mass is 9.95. The van der Waals surface area contributed by atoms with E-state index in [2.05, 4.69) is 98.7 Å². The highest BCUT2D eigenvalue weighted by Crippen LogP contribution is 2.32. The second-order valence-electron chi connectivity index (χ2n) is 8.07. The van der Waals surface area contributed by atoms with Crippen molar-refractivity contribution in [1.29, 1.82) is 5.26 Å². The summed E-state index contributed by atoms with van der Waals surface area (Å²) in [5, 5.41) is 12.0. The van der Waals surface area contributed by atoms with Gasteiger partial charge in [0.1, 0.15) is 0 Å². The Morgan fingerprint density at radius 2 is 1.69 bits per heavy atom. The van der Waals surface area contributed by atoms with Crippen molar-refractivity contribution in [2.45, 2.75) is 34.2 Å². The van der Waals surface area contributed by atoms with Crippen molar-refractivity contribution in [2.24, 2.45) is 0 Å². The molecule has 0 radical (unpaired) electrons. The van der Waals surface area contributed by atoms with Crippen LogP contribution in [-0.4, -0.2) is 6.54 Å². The van der Waals surface area contributed by atoms with Crippen LogP contribution in [0.1, 0.15) is 37.5 Å². The van der Waals surface area contributed by atoms with Gasteiger partial charge in [0, 0.05) is 29.2 Å². The van der Waals surface area contributed by atoms with E-state index < -0.39 is 0 Å². The zero-order chi connectivity index (χ0) is 22.9. The molecule has 0 aliphatic heterocycles. The van der Waals surface area contributed by atoms with Gasteiger partial charge >= 0.3 is 0 Å². The van der Waals surface area contributed by atoms with Crippen molar-refractivity contribution in [2.75, 3.05) is 11.4 Å². The molecule has 0 aromatic heterocycles. The highest BCUT2D eigenvalue weighted by Gasteiger charge is 2.14. The number of hydrogen-bond donors (Lipinski definition) is 0. The first-order chi connectivity index (χ1) is 15.5. The molecule has 3 heteroatoms. The van der Waals surface area contributed by atoms with E-state index in [1.165, 1.54) is 21.6 Å². The summed E-state index contributed by atoms with van der Waals surface area (Å²) < 4.78 is 0. The van der Waals surface area contributed by atoms with Crippen LogP contribution in [0.2, 0.25) is 0 Å². The van der Waals surface area contributed by atoms with Crippen LogP contribution in [0, 0.1) is 18.3 Å². The summed E-state index contributed by atoms with van der Waals surface area (Å²) >= 11 is 1.78. The number of nitriles is 1. The van der Waals surface area contributed by atoms with Crippen LogP contribution in [0.25, 0.3) is 11.1 Å². The molecule has 0 saturated heterocycles. The Morgan fingerprint density at radius 1 is 0.969 bits per heavy atom. The van der Waals surface area contributed by atoms with Gasteiger partial charge in [0.15, 0.2) is 0 Å². The molecule has 0 aliphatic carbocycles. The predicted octanol–water partition coefficient (Wildman–Crippen LogP) is 8.10. The minimum atomic E-state index is 0.702. The van der Waals surface area contributed by atoms with Gasteiger partial charge in [-0.05, 0) is 68.0 Å². The van der Waals surface area contributed by atoms with Crippen LogP contribution in [0.5, 0.6) is 0 Å². The summed E-state index contributed by atoms with van der Waals surface area (Å²) in [5.41, 5.74) is 7.64. The van der Waals surface area contributed by atoms with Gasteiger partial charge < -0.3 is 4.90 Å². The van der Waals surface area contributed by atoms with Crippen LogP contribution in [0.3, 0.4) is 0 Å². The van der Waals surface area contributed by atoms with Gasteiger partial charge in [-0.2, -0.15) is 5.26 Å². The maximum Gasteiger partial charge on any atom is 0.0998 e. The highest BCUT2D eigenvalue weighted by atomic mass is 32.2. The Labute approximate surface area is 196 Å². The van der Waals surface area contributed by atoms with Gasteiger partial charge in [0.2, 0.25) is 0 Å². The molecule has 0 bridgehead atoms. The predicted molar refractivity (Wildman–Crippen MR) is 140 cm³/mol. The average molecular weight is 439 g/mol. The zero-order valence-electron chi connectivity index (χ0n) is 19.3. The largest absolute Gasteiger partial charge is 0.362 e. The second-order valence-corrected chi connectivity index (χ2v) is 9.06. The van der Waals surface area contributed by atoms with E-state index in [-0.39, 0.29) is 0 Å². The molecular formula is C29H30N2S. The third kappa shape index (κ3) is 6.15. The Morgan fingerprint density at radius 3 is 2.34 bits per heavy atom. The molecule has 0 heterocycles. The summed E-state index contributed by atoms with van der Waals surface area (Å²) in [7, 11) is 0. The lowest BCUT2D eigenvalue weighted by Gasteiger charge is -2.27. The fourth-order valence-electron chi connectivity index (χ4n) is 3.54. The van der Waals surface area contributed by atoms with Crippen molar-refractivity contribution in [1.82, 2.24) is 0 Å². The number of nitrogens with zero attached hydrogens (tertiary/aromatic N) is 2. The fourth-order valence-corrected chi connectivity index (χ4v) is 4.30. The van der Waals surface area contributed by atoms with Crippen molar-refractivity contribution in [3.63, 3.8) is 0 Å². The second kappa shape index (κ2) is 11.4. The molecule has 0 atom stereocenters. The summed E-state index contributed by atoms with van der Waals surface area (Å²) in [5.74, 6) is 0. The van der Waals surface area contributed by atoms with Crippen LogP contribution in [0.15, 0.2) is 94.8 Å². The third-order valence-corrected chi connectivity index (χ3v) is 6.51. The summed E-state index contributed by atoms with van der Waals surface area (Å²) in [6.45, 7) is 10.0. The van der Waals surface area contributed by atoms with Crippen LogP contribution < -0.4 is 4.90 Å². The molecule has 162 valence electrons. The SMILES string of the molecule is C/C=C(/CN(Cc1ccccc1)c1ccc(C#N)c(-c2ccccc2C)c1)SC=C(C)C. The first-order valence-electron chi connectivity index (χ1n) is 10.9. The van der Waals surface area contributed by atoms with Crippen molar-refractivity contribution in [3.8, 4) is 17.2 Å². The van der Waals surface area contributed by atoms with Crippen molar-refractivity contribution in [3.05, 3.63) is 111 Å². The number of benzene rings is 3. The lowest BCUT2D eigenvalue weighted by Crippen LogP contribution is -2.24. The molecule has 0 saturated carbocycles. The average Bonchev–Trinajstić information content (AvgIpc) is 2.81. The molecule has 0 unspecified atom stereocenters. The molecule has 32 heavy (non-hydrogen) atoms. The topological polar surface area (TPSA) is 27.0 Å². The summed E-state index contributed by atoms with van der Waals surface area (Å²) in [6, 6.07) is 27.4.